The third-order valence-electron chi connectivity index (χ3n) is 28.6. The minimum atomic E-state index is -0.150. The monoisotopic (exact) mass is 1760 g/mol. The van der Waals surface area contributed by atoms with Crippen molar-refractivity contribution in [2.24, 2.45) is 0 Å². The predicted octanol–water partition coefficient (Wildman–Crippen LogP) is 38.3. The average Bonchev–Trinajstić information content (AvgIpc) is 1.57. The van der Waals surface area contributed by atoms with Gasteiger partial charge >= 0.3 is 0 Å². The first-order chi connectivity index (χ1) is 62.5. The molecule has 2 nitrogen and oxygen atoms in total. The van der Waals surface area contributed by atoms with E-state index in [4.69, 9.17) is 0 Å². The molecule has 0 saturated carbocycles. The highest BCUT2D eigenvalue weighted by Crippen LogP contribution is 2.55. The van der Waals surface area contributed by atoms with Crippen molar-refractivity contribution in [3.05, 3.63) is 394 Å². The molecule has 0 aromatic heterocycles. The molecule has 15 aromatic rings. The van der Waals surface area contributed by atoms with Gasteiger partial charge in [0.15, 0.2) is 0 Å². The van der Waals surface area contributed by atoms with Crippen LogP contribution < -0.4 is 9.80 Å². The summed E-state index contributed by atoms with van der Waals surface area (Å²) in [7, 11) is 0. The van der Waals surface area contributed by atoms with E-state index in [0.717, 1.165) is 34.1 Å². The SMILES string of the molecule is CC(C)(C)c1cc(-c2cc(-c3cc(C(C)(C)C)cc(C(C)(C)C)c3)cc(C(C)(C)C)c2)cc(-c2cc(N(c3ccc4c(c3)C(C)(C)c3ccccc3-4)c3ccccc3-c3ccccc3)cc(C(C)(C)C)c2)c1.CC(C)(C)c1cc(-c2cccc(N(c3ccccc3)c3ccc4c(c3)C(C)(C)c3ccccc3-4)c2)cc(-c2cc(-c3cc(C(C)(C)C)cc(C(C)(C)C)c3)cc(C(C)(C)C)c2)c1. The number of hydrogen-bond acceptors (Lipinski definition) is 2. The molecular weight excluding hydrogens is 1610 g/mol. The van der Waals surface area contributed by atoms with Gasteiger partial charge in [-0.15, -0.1) is 0 Å². The third-order valence-corrected chi connectivity index (χ3v) is 28.6. The summed E-state index contributed by atoms with van der Waals surface area (Å²) in [5.41, 5.74) is 46.6. The van der Waals surface area contributed by atoms with Gasteiger partial charge in [0.05, 0.1) is 5.69 Å². The fourth-order valence-corrected chi connectivity index (χ4v) is 19.7. The zero-order valence-corrected chi connectivity index (χ0v) is 86.5. The molecule has 0 N–H and O–H groups in total. The number of fused-ring (bicyclic) bond motifs is 6. The molecule has 0 radical (unpaired) electrons. The third kappa shape index (κ3) is 19.5. The first-order valence-corrected chi connectivity index (χ1v) is 49.1. The van der Waals surface area contributed by atoms with E-state index in [2.05, 4.69) is 546 Å². The lowest BCUT2D eigenvalue weighted by atomic mass is 9.77. The summed E-state index contributed by atoms with van der Waals surface area (Å²) >= 11 is 0. The molecule has 0 amide bonds. The fourth-order valence-electron chi connectivity index (χ4n) is 19.7. The maximum absolute atomic E-state index is 2.53. The van der Waals surface area contributed by atoms with E-state index in [1.165, 1.54) is 172 Å². The van der Waals surface area contributed by atoms with Crippen molar-refractivity contribution < 1.29 is 0 Å². The normalized spacial score (nSPS) is 13.8. The molecule has 0 atom stereocenters. The first kappa shape index (κ1) is 95.1. The van der Waals surface area contributed by atoms with Crippen LogP contribution in [0.15, 0.2) is 322 Å². The molecule has 2 aliphatic rings. The molecule has 2 aliphatic carbocycles. The van der Waals surface area contributed by atoms with Crippen molar-refractivity contribution in [1.82, 2.24) is 0 Å². The van der Waals surface area contributed by atoms with Crippen LogP contribution in [0.2, 0.25) is 0 Å². The highest BCUT2D eigenvalue weighted by atomic mass is 15.2. The van der Waals surface area contributed by atoms with Crippen LogP contribution in [0.3, 0.4) is 0 Å². The van der Waals surface area contributed by atoms with Gasteiger partial charge in [0.25, 0.3) is 0 Å². The molecule has 17 rings (SSSR count). The standard InChI is InChI=1S/C71H79N.C61H67N/c1-66(2,3)53-35-47(33-49(37-53)51-39-55(68(7,8)9)43-56(40-51)69(10,11)12)48-34-50(38-54(36-48)67(4,5)6)52-41-57(70(13,14)15)44-59(42-52)72(65-30-24-22-27-60(65)46-25-19-18-20-26-46)58-31-32-62-61-28-21-23-29-63(61)71(16,17)64(62)45-58;1-57(2,3)46-31-41(29-42(32-46)43-30-44(34-47(33-43)58(4,5)6)45-35-48(59(7,8)9)38-49(36-45)60(10,11)12)40-21-20-24-51(37-40)62(50-22-16-15-17-23-50)52-27-28-54-53-25-18-19-26-55(53)61(13,14)56(54)39-52/h18-45H,1-17H3;15-39H,1-14H3. The van der Waals surface area contributed by atoms with E-state index in [1.807, 2.05) is 0 Å². The largest absolute Gasteiger partial charge is 0.310 e. The van der Waals surface area contributed by atoms with E-state index >= 15 is 0 Å². The lowest BCUT2D eigenvalue weighted by molar-refractivity contribution is 0.568. The minimum absolute atomic E-state index is 0.0130. The topological polar surface area (TPSA) is 6.48 Å². The minimum Gasteiger partial charge on any atom is -0.310 e. The first-order valence-electron chi connectivity index (χ1n) is 49.1. The van der Waals surface area contributed by atoms with Crippen LogP contribution >= 0.6 is 0 Å². The van der Waals surface area contributed by atoms with Gasteiger partial charge in [-0.05, 0) is 307 Å². The fraction of sp³-hybridized carbons (Fsp3) is 0.318. The van der Waals surface area contributed by atoms with E-state index in [9.17, 15) is 0 Å². The van der Waals surface area contributed by atoms with Crippen LogP contribution in [-0.2, 0) is 59.6 Å². The van der Waals surface area contributed by atoms with Crippen molar-refractivity contribution in [3.8, 4) is 100 Å². The number of anilines is 6. The Morgan fingerprint density at radius 1 is 0.149 bits per heavy atom. The lowest BCUT2D eigenvalue weighted by Crippen LogP contribution is -2.18. The Morgan fingerprint density at radius 3 is 0.739 bits per heavy atom. The van der Waals surface area contributed by atoms with Crippen molar-refractivity contribution >= 4 is 34.1 Å². The van der Waals surface area contributed by atoms with Crippen LogP contribution in [0.25, 0.3) is 100 Å². The van der Waals surface area contributed by atoms with Crippen molar-refractivity contribution in [3.63, 3.8) is 0 Å². The molecule has 0 spiro atoms. The number of rotatable bonds is 13. The van der Waals surface area contributed by atoms with Crippen molar-refractivity contribution in [1.29, 1.82) is 0 Å². The summed E-state index contributed by atoms with van der Waals surface area (Å²) in [5, 5.41) is 0. The van der Waals surface area contributed by atoms with Crippen LogP contribution in [0.4, 0.5) is 34.1 Å². The second kappa shape index (κ2) is 34.7. The molecule has 0 fully saturated rings. The van der Waals surface area contributed by atoms with Crippen molar-refractivity contribution in [2.75, 3.05) is 9.80 Å². The summed E-state index contributed by atoms with van der Waals surface area (Å²) in [5.74, 6) is 0. The predicted molar refractivity (Wildman–Crippen MR) is 584 cm³/mol. The van der Waals surface area contributed by atoms with E-state index in [1.54, 1.807) is 0 Å². The van der Waals surface area contributed by atoms with Crippen molar-refractivity contribution in [2.45, 2.75) is 274 Å². The Morgan fingerprint density at radius 2 is 0.388 bits per heavy atom. The summed E-state index contributed by atoms with van der Waals surface area (Å²) < 4.78 is 0. The molecule has 0 saturated heterocycles. The Kier molecular flexibility index (Phi) is 24.6. The second-order valence-electron chi connectivity index (χ2n) is 49.1. The smallest absolute Gasteiger partial charge is 0.0540 e. The highest BCUT2D eigenvalue weighted by molar-refractivity contribution is 5.94. The molecule has 0 bridgehead atoms. The highest BCUT2D eigenvalue weighted by Gasteiger charge is 2.39. The Hall–Kier alpha value is -12.1. The van der Waals surface area contributed by atoms with Gasteiger partial charge in [-0.3, -0.25) is 0 Å². The molecule has 134 heavy (non-hydrogen) atoms. The zero-order chi connectivity index (χ0) is 96.5. The number of para-hydroxylation sites is 2. The second-order valence-corrected chi connectivity index (χ2v) is 49.1. The Labute approximate surface area is 806 Å². The van der Waals surface area contributed by atoms with Gasteiger partial charge in [-0.1, -0.05) is 445 Å². The summed E-state index contributed by atoms with van der Waals surface area (Å²) in [6.07, 6.45) is 0. The summed E-state index contributed by atoms with van der Waals surface area (Å²) in [6, 6.07) is 123. The maximum Gasteiger partial charge on any atom is 0.0540 e. The molecule has 15 aromatic carbocycles. The zero-order valence-electron chi connectivity index (χ0n) is 86.5. The van der Waals surface area contributed by atoms with Crippen LogP contribution in [0.5, 0.6) is 0 Å². The van der Waals surface area contributed by atoms with Gasteiger partial charge in [-0.2, -0.15) is 0 Å². The molecule has 2 heteroatoms. The van der Waals surface area contributed by atoms with Gasteiger partial charge in [-0.25, -0.2) is 0 Å². The van der Waals surface area contributed by atoms with E-state index in [0.29, 0.717) is 0 Å². The van der Waals surface area contributed by atoms with Gasteiger partial charge in [0.1, 0.15) is 0 Å². The van der Waals surface area contributed by atoms with Gasteiger partial charge < -0.3 is 9.80 Å². The van der Waals surface area contributed by atoms with Gasteiger partial charge in [0, 0.05) is 44.8 Å². The Bertz CT molecular complexity index is 6880. The molecule has 0 heterocycles. The average molecular weight is 1760 g/mol. The molecule has 0 unspecified atom stereocenters. The van der Waals surface area contributed by atoms with Crippen LogP contribution in [-0.4, -0.2) is 0 Å². The molecule has 0 aliphatic heterocycles. The molecular formula is C132H146N2. The lowest BCUT2D eigenvalue weighted by Gasteiger charge is -2.32. The maximum atomic E-state index is 2.53. The quantitative estimate of drug-likeness (QED) is 0.114. The molecule has 684 valence electrons. The van der Waals surface area contributed by atoms with Crippen LogP contribution in [0, 0.1) is 0 Å². The van der Waals surface area contributed by atoms with E-state index < -0.39 is 0 Å². The summed E-state index contributed by atoms with van der Waals surface area (Å²) in [6.45, 7) is 72.6. The Balaban J connectivity index is 0.000000197. The number of nitrogens with zero attached hydrogens (tertiary/aromatic N) is 2. The number of benzene rings is 15. The summed E-state index contributed by atoms with van der Waals surface area (Å²) in [4.78, 5) is 4.96. The van der Waals surface area contributed by atoms with Crippen LogP contribution in [0.1, 0.15) is 287 Å². The number of hydrogen-bond donors (Lipinski definition) is 0. The van der Waals surface area contributed by atoms with E-state index in [-0.39, 0.29) is 59.6 Å². The van der Waals surface area contributed by atoms with Gasteiger partial charge in [0.2, 0.25) is 0 Å².